The lowest BCUT2D eigenvalue weighted by molar-refractivity contribution is 0.0285. The van der Waals surface area contributed by atoms with Crippen LogP contribution in [0.1, 0.15) is 79.9 Å². The van der Waals surface area contributed by atoms with Gasteiger partial charge in [-0.25, -0.2) is 0 Å². The van der Waals surface area contributed by atoms with Gasteiger partial charge in [0.25, 0.3) is 0 Å². The van der Waals surface area contributed by atoms with Gasteiger partial charge < -0.3 is 48.1 Å². The Hall–Kier alpha value is -4.64. The van der Waals surface area contributed by atoms with E-state index in [9.17, 15) is 10.2 Å². The van der Waals surface area contributed by atoms with E-state index in [1.807, 2.05) is 56.3 Å². The molecular formula is C42H50O10. The van der Waals surface area contributed by atoms with Crippen molar-refractivity contribution < 1.29 is 48.1 Å². The summed E-state index contributed by atoms with van der Waals surface area (Å²) >= 11 is 0. The van der Waals surface area contributed by atoms with E-state index < -0.39 is 18.3 Å². The van der Waals surface area contributed by atoms with Gasteiger partial charge in [0, 0.05) is 0 Å². The van der Waals surface area contributed by atoms with Crippen LogP contribution >= 0.6 is 0 Å². The van der Waals surface area contributed by atoms with E-state index >= 15 is 0 Å². The highest BCUT2D eigenvalue weighted by Crippen LogP contribution is 2.51. The van der Waals surface area contributed by atoms with Crippen LogP contribution in [0.25, 0.3) is 0 Å². The molecule has 1 saturated heterocycles. The number of methoxy groups -OCH3 is 4. The van der Waals surface area contributed by atoms with Crippen LogP contribution in [0.15, 0.2) is 72.8 Å². The molecule has 0 spiro atoms. The highest BCUT2D eigenvalue weighted by atomic mass is 16.7. The van der Waals surface area contributed by atoms with Crippen LogP contribution in [0.4, 0.5) is 0 Å². The van der Waals surface area contributed by atoms with Gasteiger partial charge in [-0.1, -0.05) is 51.1 Å². The van der Waals surface area contributed by atoms with E-state index in [4.69, 9.17) is 37.9 Å². The molecule has 4 aromatic rings. The highest BCUT2D eigenvalue weighted by Gasteiger charge is 2.41. The van der Waals surface area contributed by atoms with Gasteiger partial charge in [0.15, 0.2) is 34.5 Å². The van der Waals surface area contributed by atoms with Gasteiger partial charge >= 0.3 is 0 Å². The third kappa shape index (κ3) is 7.46. The quantitative estimate of drug-likeness (QED) is 0.133. The molecule has 10 heteroatoms. The Labute approximate surface area is 306 Å². The number of hydrogen-bond donors (Lipinski definition) is 2. The van der Waals surface area contributed by atoms with Crippen LogP contribution < -0.4 is 33.2 Å². The molecule has 52 heavy (non-hydrogen) atoms. The van der Waals surface area contributed by atoms with Gasteiger partial charge in [-0.05, 0) is 101 Å². The molecule has 0 amide bonds. The first-order valence-corrected chi connectivity index (χ1v) is 17.7. The second-order valence-electron chi connectivity index (χ2n) is 13.8. The van der Waals surface area contributed by atoms with Crippen molar-refractivity contribution in [3.8, 4) is 40.2 Å². The molecular weight excluding hydrogens is 664 g/mol. The Morgan fingerprint density at radius 3 is 1.85 bits per heavy atom. The first-order valence-electron chi connectivity index (χ1n) is 17.7. The predicted octanol–water partition coefficient (Wildman–Crippen LogP) is 7.95. The van der Waals surface area contributed by atoms with E-state index in [0.717, 1.165) is 28.0 Å². The number of aliphatic hydroxyl groups excluding tert-OH is 2. The second kappa shape index (κ2) is 15.9. The zero-order valence-corrected chi connectivity index (χ0v) is 31.1. The average molecular weight is 715 g/mol. The fourth-order valence-corrected chi connectivity index (χ4v) is 7.24. The normalized spacial score (nSPS) is 21.6. The van der Waals surface area contributed by atoms with Crippen molar-refractivity contribution in [3.05, 3.63) is 101 Å². The Bertz CT molecular complexity index is 1840. The smallest absolute Gasteiger partial charge is 0.231 e. The molecule has 0 radical (unpaired) electrons. The third-order valence-corrected chi connectivity index (χ3v) is 10.6. The monoisotopic (exact) mass is 714 g/mol. The topological polar surface area (TPSA) is 114 Å². The molecule has 1 fully saturated rings. The molecule has 0 aliphatic carbocycles. The zero-order valence-electron chi connectivity index (χ0n) is 31.1. The van der Waals surface area contributed by atoms with Crippen molar-refractivity contribution in [1.82, 2.24) is 0 Å². The van der Waals surface area contributed by atoms with Crippen LogP contribution in [0, 0.1) is 17.8 Å². The number of benzene rings is 4. The van der Waals surface area contributed by atoms with Crippen molar-refractivity contribution >= 4 is 0 Å². The number of rotatable bonds is 14. The number of ether oxygens (including phenoxy) is 8. The summed E-state index contributed by atoms with van der Waals surface area (Å²) in [6.07, 6.45) is -1.89. The maximum absolute atomic E-state index is 11.2. The molecule has 4 aromatic carbocycles. The van der Waals surface area contributed by atoms with Gasteiger partial charge in [0.05, 0.1) is 46.8 Å². The van der Waals surface area contributed by atoms with Crippen LogP contribution in [0.3, 0.4) is 0 Å². The molecule has 0 saturated carbocycles. The Balaban J connectivity index is 1.14. The van der Waals surface area contributed by atoms with Crippen LogP contribution in [-0.4, -0.2) is 51.5 Å². The first-order chi connectivity index (χ1) is 25.1. The lowest BCUT2D eigenvalue weighted by Crippen LogP contribution is -2.22. The summed E-state index contributed by atoms with van der Waals surface area (Å²) in [5.41, 5.74) is 4.46. The van der Waals surface area contributed by atoms with Gasteiger partial charge in [0.2, 0.25) is 6.79 Å². The number of fused-ring (bicyclic) bond motifs is 1. The van der Waals surface area contributed by atoms with Gasteiger partial charge in [-0.15, -0.1) is 0 Å². The minimum atomic E-state index is -0.895. The molecule has 0 aromatic heterocycles. The van der Waals surface area contributed by atoms with Gasteiger partial charge in [0.1, 0.15) is 18.0 Å². The maximum Gasteiger partial charge on any atom is 0.231 e. The Morgan fingerprint density at radius 2 is 1.17 bits per heavy atom. The van der Waals surface area contributed by atoms with Crippen molar-refractivity contribution in [3.63, 3.8) is 0 Å². The van der Waals surface area contributed by atoms with E-state index in [1.54, 1.807) is 40.6 Å². The standard InChI is InChI=1S/C42H50O10/c1-23(39(43)28-11-14-32(45-5)36(18-28)47-7)17-27-9-10-30(20-35(27)46-6)41-24(2)25(3)42(52-41)31-13-16-34(37(21-31)48-8)51-26(4)40(44)29-12-15-33-38(19-29)50-22-49-33/h9-16,18-21,23-26,39-44H,17,22H2,1-8H3/t23?,24-,25-,26?,39?,40?,41+,42?/m1/s1. The molecule has 5 unspecified atom stereocenters. The van der Waals surface area contributed by atoms with Crippen molar-refractivity contribution in [1.29, 1.82) is 0 Å². The molecule has 0 bridgehead atoms. The number of aliphatic hydroxyl groups is 2. The average Bonchev–Trinajstić information content (AvgIpc) is 3.77. The largest absolute Gasteiger partial charge is 0.496 e. The van der Waals surface area contributed by atoms with Crippen LogP contribution in [0.5, 0.6) is 40.2 Å². The summed E-state index contributed by atoms with van der Waals surface area (Å²) in [4.78, 5) is 0. The molecule has 6 rings (SSSR count). The van der Waals surface area contributed by atoms with Crippen LogP contribution in [0.2, 0.25) is 0 Å². The Morgan fingerprint density at radius 1 is 0.615 bits per heavy atom. The lowest BCUT2D eigenvalue weighted by Gasteiger charge is -2.23. The summed E-state index contributed by atoms with van der Waals surface area (Å²) in [5.74, 6) is 4.63. The predicted molar refractivity (Wildman–Crippen MR) is 196 cm³/mol. The molecule has 278 valence electrons. The van der Waals surface area contributed by atoms with E-state index in [0.29, 0.717) is 46.5 Å². The summed E-state index contributed by atoms with van der Waals surface area (Å²) in [7, 11) is 6.46. The molecule has 10 nitrogen and oxygen atoms in total. The van der Waals surface area contributed by atoms with Crippen molar-refractivity contribution in [2.75, 3.05) is 35.2 Å². The van der Waals surface area contributed by atoms with Crippen LogP contribution in [-0.2, 0) is 11.2 Å². The minimum Gasteiger partial charge on any atom is -0.496 e. The fraction of sp³-hybridized carbons (Fsp3) is 0.429. The molecule has 8 atom stereocenters. The molecule has 2 aliphatic rings. The summed E-state index contributed by atoms with van der Waals surface area (Å²) in [5, 5.41) is 22.3. The molecule has 2 N–H and O–H groups in total. The minimum absolute atomic E-state index is 0.0965. The Kier molecular flexibility index (Phi) is 11.4. The van der Waals surface area contributed by atoms with Crippen molar-refractivity contribution in [2.24, 2.45) is 17.8 Å². The van der Waals surface area contributed by atoms with E-state index in [-0.39, 0.29) is 36.8 Å². The first kappa shape index (κ1) is 37.1. The third-order valence-electron chi connectivity index (χ3n) is 10.6. The molecule has 2 heterocycles. The number of hydrogen-bond acceptors (Lipinski definition) is 10. The van der Waals surface area contributed by atoms with Crippen molar-refractivity contribution in [2.45, 2.75) is 64.6 Å². The van der Waals surface area contributed by atoms with Gasteiger partial charge in [-0.2, -0.15) is 0 Å². The maximum atomic E-state index is 11.2. The molecule has 2 aliphatic heterocycles. The SMILES string of the molecule is COc1cc([C@H]2OC(c3ccc(OC(C)C(O)c4ccc5c(c4)OCO5)c(OC)c3)[C@H](C)[C@H]2C)ccc1CC(C)C(O)c1ccc(OC)c(OC)c1. The highest BCUT2D eigenvalue weighted by molar-refractivity contribution is 5.47. The summed E-state index contributed by atoms with van der Waals surface area (Å²) in [6, 6.07) is 23.0. The fourth-order valence-electron chi connectivity index (χ4n) is 7.24. The van der Waals surface area contributed by atoms with E-state index in [1.165, 1.54) is 0 Å². The second-order valence-corrected chi connectivity index (χ2v) is 13.8. The van der Waals surface area contributed by atoms with Gasteiger partial charge in [-0.3, -0.25) is 0 Å². The summed E-state index contributed by atoms with van der Waals surface area (Å²) < 4.78 is 46.3. The van der Waals surface area contributed by atoms with E-state index in [2.05, 4.69) is 32.0 Å². The summed E-state index contributed by atoms with van der Waals surface area (Å²) in [6.45, 7) is 8.43. The zero-order chi connectivity index (χ0) is 37.1. The lowest BCUT2D eigenvalue weighted by atomic mass is 9.84.